The molecule has 150 valence electrons. The van der Waals surface area contributed by atoms with Crippen LogP contribution in [0.5, 0.6) is 0 Å². The van der Waals surface area contributed by atoms with Gasteiger partial charge in [0, 0.05) is 5.92 Å². The summed E-state index contributed by atoms with van der Waals surface area (Å²) in [4.78, 5) is 25.6. The zero-order valence-electron chi connectivity index (χ0n) is 17.1. The lowest BCUT2D eigenvalue weighted by Gasteiger charge is -2.34. The maximum absolute atomic E-state index is 12.9. The molecule has 0 aliphatic heterocycles. The second-order valence-electron chi connectivity index (χ2n) is 8.60. The summed E-state index contributed by atoms with van der Waals surface area (Å²) < 4.78 is 0. The molecule has 0 heterocycles. The van der Waals surface area contributed by atoms with Crippen molar-refractivity contribution in [1.82, 2.24) is 0 Å². The fourth-order valence-electron chi connectivity index (χ4n) is 3.48. The first kappa shape index (κ1) is 22.8. The summed E-state index contributed by atoms with van der Waals surface area (Å²) in [6, 6.07) is 0. The third kappa shape index (κ3) is 4.55. The molecule has 5 heteroatoms. The van der Waals surface area contributed by atoms with Gasteiger partial charge in [-0.3, -0.25) is 9.59 Å². The highest BCUT2D eigenvalue weighted by Gasteiger charge is 2.58. The van der Waals surface area contributed by atoms with Crippen molar-refractivity contribution in [1.29, 1.82) is 0 Å². The smallest absolute Gasteiger partial charge is 0.176 e. The van der Waals surface area contributed by atoms with Gasteiger partial charge in [-0.15, -0.1) is 0 Å². The van der Waals surface area contributed by atoms with E-state index in [-0.39, 0.29) is 12.0 Å². The SMILES string of the molecule is CCC(C)C(=O)C1=C(O)[C@](O)(C(O)CCC(C)C)[C@H](CCC(C)C)C1=O. The van der Waals surface area contributed by atoms with E-state index in [0.717, 1.165) is 0 Å². The Kier molecular flexibility index (Phi) is 8.03. The van der Waals surface area contributed by atoms with Crippen LogP contribution in [-0.4, -0.2) is 38.6 Å². The van der Waals surface area contributed by atoms with Crippen molar-refractivity contribution in [2.45, 2.75) is 85.4 Å². The highest BCUT2D eigenvalue weighted by atomic mass is 16.4. The summed E-state index contributed by atoms with van der Waals surface area (Å²) in [7, 11) is 0. The zero-order chi connectivity index (χ0) is 20.2. The Balaban J connectivity index is 3.29. The molecule has 0 aromatic rings. The standard InChI is InChI=1S/C21H36O5/c1-7-14(6)18(23)17-19(24)15(10-8-12(2)3)21(26,20(17)25)16(22)11-9-13(4)5/h12-16,22,25-26H,7-11H2,1-6H3/t14?,15-,16?,21-/m1/s1. The van der Waals surface area contributed by atoms with E-state index >= 15 is 0 Å². The van der Waals surface area contributed by atoms with Crippen LogP contribution in [0, 0.1) is 23.7 Å². The van der Waals surface area contributed by atoms with Gasteiger partial charge in [-0.1, -0.05) is 48.0 Å². The van der Waals surface area contributed by atoms with Crippen LogP contribution in [0.4, 0.5) is 0 Å². The topological polar surface area (TPSA) is 94.8 Å². The summed E-state index contributed by atoms with van der Waals surface area (Å²) >= 11 is 0. The van der Waals surface area contributed by atoms with Crippen LogP contribution in [0.2, 0.25) is 0 Å². The van der Waals surface area contributed by atoms with Crippen LogP contribution in [0.1, 0.15) is 73.6 Å². The Hall–Kier alpha value is -1.20. The minimum Gasteiger partial charge on any atom is -0.508 e. The maximum atomic E-state index is 12.9. The molecule has 0 aromatic carbocycles. The Morgan fingerprint density at radius 2 is 1.62 bits per heavy atom. The number of aliphatic hydroxyl groups excluding tert-OH is 2. The Labute approximate surface area is 157 Å². The molecule has 0 bridgehead atoms. The highest BCUT2D eigenvalue weighted by Crippen LogP contribution is 2.44. The zero-order valence-corrected chi connectivity index (χ0v) is 17.1. The van der Waals surface area contributed by atoms with Crippen LogP contribution in [0.15, 0.2) is 11.3 Å². The van der Waals surface area contributed by atoms with E-state index < -0.39 is 40.9 Å². The summed E-state index contributed by atoms with van der Waals surface area (Å²) in [5.41, 5.74) is -2.38. The first-order chi connectivity index (χ1) is 12.0. The summed E-state index contributed by atoms with van der Waals surface area (Å²) in [5, 5.41) is 32.6. The summed E-state index contributed by atoms with van der Waals surface area (Å²) in [6.45, 7) is 11.5. The number of ketones is 2. The van der Waals surface area contributed by atoms with Crippen LogP contribution in [0.3, 0.4) is 0 Å². The van der Waals surface area contributed by atoms with E-state index in [1.54, 1.807) is 6.92 Å². The Morgan fingerprint density at radius 1 is 1.08 bits per heavy atom. The van der Waals surface area contributed by atoms with Gasteiger partial charge in [0.25, 0.3) is 0 Å². The van der Waals surface area contributed by atoms with Crippen LogP contribution in [0.25, 0.3) is 0 Å². The van der Waals surface area contributed by atoms with E-state index in [4.69, 9.17) is 0 Å². The molecule has 26 heavy (non-hydrogen) atoms. The average Bonchev–Trinajstić information content (AvgIpc) is 2.76. The van der Waals surface area contributed by atoms with Crippen LogP contribution >= 0.6 is 0 Å². The third-order valence-corrected chi connectivity index (χ3v) is 5.57. The first-order valence-corrected chi connectivity index (χ1v) is 9.90. The molecule has 0 aromatic heterocycles. The van der Waals surface area contributed by atoms with E-state index in [0.29, 0.717) is 37.5 Å². The molecular weight excluding hydrogens is 332 g/mol. The van der Waals surface area contributed by atoms with E-state index in [9.17, 15) is 24.9 Å². The fourth-order valence-corrected chi connectivity index (χ4v) is 3.48. The summed E-state index contributed by atoms with van der Waals surface area (Å²) in [5.74, 6) is -2.39. The monoisotopic (exact) mass is 368 g/mol. The van der Waals surface area contributed by atoms with Gasteiger partial charge in [-0.05, 0) is 37.5 Å². The number of hydrogen-bond acceptors (Lipinski definition) is 5. The maximum Gasteiger partial charge on any atom is 0.176 e. The number of rotatable bonds is 10. The quantitative estimate of drug-likeness (QED) is 0.512. The fraction of sp³-hybridized carbons (Fsp3) is 0.810. The molecule has 3 N–H and O–H groups in total. The van der Waals surface area contributed by atoms with Crippen LogP contribution in [-0.2, 0) is 9.59 Å². The largest absolute Gasteiger partial charge is 0.508 e. The van der Waals surface area contributed by atoms with E-state index in [1.165, 1.54) is 0 Å². The van der Waals surface area contributed by atoms with Crippen molar-refractivity contribution in [3.05, 3.63) is 11.3 Å². The molecular formula is C21H36O5. The van der Waals surface area contributed by atoms with Crippen molar-refractivity contribution < 1.29 is 24.9 Å². The molecule has 0 fully saturated rings. The summed E-state index contributed by atoms with van der Waals surface area (Å²) in [6.07, 6.45) is 1.15. The van der Waals surface area contributed by atoms with Gasteiger partial charge >= 0.3 is 0 Å². The number of carbonyl (C=O) groups excluding carboxylic acids is 2. The first-order valence-electron chi connectivity index (χ1n) is 9.90. The van der Waals surface area contributed by atoms with Gasteiger partial charge in [0.1, 0.15) is 11.3 Å². The van der Waals surface area contributed by atoms with Gasteiger partial charge in [0.15, 0.2) is 17.2 Å². The molecule has 0 saturated heterocycles. The molecule has 0 radical (unpaired) electrons. The lowest BCUT2D eigenvalue weighted by molar-refractivity contribution is -0.137. The van der Waals surface area contributed by atoms with Gasteiger partial charge < -0.3 is 15.3 Å². The molecule has 4 atom stereocenters. The van der Waals surface area contributed by atoms with Crippen molar-refractivity contribution in [2.24, 2.45) is 23.7 Å². The molecule has 5 nitrogen and oxygen atoms in total. The molecule has 1 aliphatic carbocycles. The lowest BCUT2D eigenvalue weighted by atomic mass is 9.78. The van der Waals surface area contributed by atoms with Gasteiger partial charge in [-0.2, -0.15) is 0 Å². The minimum atomic E-state index is -2.07. The predicted octanol–water partition coefficient (Wildman–Crippen LogP) is 3.58. The molecule has 0 saturated carbocycles. The van der Waals surface area contributed by atoms with Gasteiger partial charge in [0.05, 0.1) is 12.0 Å². The lowest BCUT2D eigenvalue weighted by Crippen LogP contribution is -2.49. The number of Topliss-reactive ketones (excluding diaryl/α,β-unsaturated/α-hetero) is 2. The normalized spacial score (nSPS) is 26.1. The number of hydrogen-bond donors (Lipinski definition) is 3. The van der Waals surface area contributed by atoms with Crippen molar-refractivity contribution in [3.8, 4) is 0 Å². The Morgan fingerprint density at radius 3 is 2.08 bits per heavy atom. The Bertz CT molecular complexity index is 549. The molecule has 0 amide bonds. The molecule has 0 spiro atoms. The van der Waals surface area contributed by atoms with Gasteiger partial charge in [-0.25, -0.2) is 0 Å². The molecule has 1 aliphatic rings. The third-order valence-electron chi connectivity index (χ3n) is 5.57. The van der Waals surface area contributed by atoms with Crippen molar-refractivity contribution in [3.63, 3.8) is 0 Å². The average molecular weight is 369 g/mol. The van der Waals surface area contributed by atoms with E-state index in [2.05, 4.69) is 0 Å². The van der Waals surface area contributed by atoms with E-state index in [1.807, 2.05) is 34.6 Å². The second kappa shape index (κ2) is 9.14. The second-order valence-corrected chi connectivity index (χ2v) is 8.60. The van der Waals surface area contributed by atoms with Gasteiger partial charge in [0.2, 0.25) is 0 Å². The predicted molar refractivity (Wildman–Crippen MR) is 102 cm³/mol. The number of carbonyl (C=O) groups is 2. The van der Waals surface area contributed by atoms with Crippen molar-refractivity contribution in [2.75, 3.05) is 0 Å². The molecule has 2 unspecified atom stereocenters. The van der Waals surface area contributed by atoms with Crippen molar-refractivity contribution >= 4 is 11.6 Å². The molecule has 1 rings (SSSR count). The number of allylic oxidation sites excluding steroid dienone is 1. The highest BCUT2D eigenvalue weighted by molar-refractivity contribution is 6.24. The number of aliphatic hydroxyl groups is 3. The minimum absolute atomic E-state index is 0.258. The van der Waals surface area contributed by atoms with Crippen LogP contribution < -0.4 is 0 Å².